The largest absolute Gasteiger partial charge is 0.490 e. The first-order valence-corrected chi connectivity index (χ1v) is 11.6. The van der Waals surface area contributed by atoms with Gasteiger partial charge in [-0.3, -0.25) is 14.9 Å². The molecule has 0 saturated carbocycles. The van der Waals surface area contributed by atoms with E-state index in [0.29, 0.717) is 21.7 Å². The van der Waals surface area contributed by atoms with Crippen molar-refractivity contribution in [3.8, 4) is 5.75 Å². The number of anilines is 2. The second-order valence-corrected chi connectivity index (χ2v) is 8.76. The number of benzene rings is 2. The average Bonchev–Trinajstić information content (AvgIpc) is 3.48. The maximum Gasteiger partial charge on any atom is 0.276 e. The Bertz CT molecular complexity index is 1390. The van der Waals surface area contributed by atoms with Crippen LogP contribution < -0.4 is 20.7 Å². The lowest BCUT2D eigenvalue weighted by atomic mass is 10.1. The number of H-pyrrole nitrogens is 2. The van der Waals surface area contributed by atoms with Crippen molar-refractivity contribution in [3.05, 3.63) is 64.7 Å². The molecule has 0 radical (unpaired) electrons. The summed E-state index contributed by atoms with van der Waals surface area (Å²) in [5, 5.41) is 9.34. The van der Waals surface area contributed by atoms with Gasteiger partial charge < -0.3 is 25.3 Å². The minimum Gasteiger partial charge on any atom is -0.490 e. The van der Waals surface area contributed by atoms with Crippen LogP contribution in [0.5, 0.6) is 5.75 Å². The maximum absolute atomic E-state index is 12.9. The van der Waals surface area contributed by atoms with E-state index < -0.39 is 11.8 Å². The molecule has 2 aromatic heterocycles. The van der Waals surface area contributed by atoms with Gasteiger partial charge in [0.1, 0.15) is 17.5 Å². The van der Waals surface area contributed by atoms with Gasteiger partial charge in [0.15, 0.2) is 5.69 Å². The molecule has 5 rings (SSSR count). The van der Waals surface area contributed by atoms with Crippen molar-refractivity contribution in [2.24, 2.45) is 0 Å². The van der Waals surface area contributed by atoms with Crippen molar-refractivity contribution in [2.45, 2.75) is 25.9 Å². The summed E-state index contributed by atoms with van der Waals surface area (Å²) in [6.45, 7) is 3.78. The molecule has 11 heteroatoms. The Morgan fingerprint density at radius 1 is 1.09 bits per heavy atom. The Labute approximate surface area is 205 Å². The van der Waals surface area contributed by atoms with E-state index in [2.05, 4.69) is 35.9 Å². The first-order chi connectivity index (χ1) is 17.0. The summed E-state index contributed by atoms with van der Waals surface area (Å²) in [4.78, 5) is 39.8. The number of ether oxygens (including phenoxy) is 1. The highest BCUT2D eigenvalue weighted by Gasteiger charge is 2.22. The van der Waals surface area contributed by atoms with Crippen LogP contribution >= 0.6 is 11.6 Å². The number of hydrogen-bond donors (Lipinski definition) is 5. The minimum atomic E-state index is -0.555. The molecule has 1 fully saturated rings. The number of nitrogens with zero attached hydrogens (tertiary/aromatic N) is 2. The number of aromatic nitrogens is 4. The fourth-order valence-corrected chi connectivity index (χ4v) is 4.16. The monoisotopic (exact) mass is 493 g/mol. The molecule has 0 unspecified atom stereocenters. The summed E-state index contributed by atoms with van der Waals surface area (Å²) in [5.41, 5.74) is 2.76. The first kappa shape index (κ1) is 22.9. The van der Waals surface area contributed by atoms with Crippen LogP contribution in [0.1, 0.15) is 39.4 Å². The molecule has 0 atom stereocenters. The number of aromatic amines is 2. The van der Waals surface area contributed by atoms with Gasteiger partial charge in [-0.1, -0.05) is 11.6 Å². The summed E-state index contributed by atoms with van der Waals surface area (Å²) in [6, 6.07) is 10.7. The molecule has 0 bridgehead atoms. The molecule has 35 heavy (non-hydrogen) atoms. The lowest BCUT2D eigenvalue weighted by molar-refractivity contribution is 0.0985. The van der Waals surface area contributed by atoms with Gasteiger partial charge in [0.05, 0.1) is 17.4 Å². The van der Waals surface area contributed by atoms with Crippen LogP contribution in [0, 0.1) is 6.92 Å². The molecular formula is C24H24ClN7O3. The topological polar surface area (TPSA) is 137 Å². The third-order valence-electron chi connectivity index (χ3n) is 5.79. The number of carbonyl (C=O) groups excluding carboxylic acids is 2. The highest BCUT2D eigenvalue weighted by Crippen LogP contribution is 2.25. The normalized spacial score (nSPS) is 14.1. The number of imidazole rings is 2. The highest BCUT2D eigenvalue weighted by atomic mass is 35.5. The van der Waals surface area contributed by atoms with Crippen molar-refractivity contribution in [1.82, 2.24) is 25.3 Å². The summed E-state index contributed by atoms with van der Waals surface area (Å²) in [6.07, 6.45) is 3.41. The standard InChI is InChI=1S/C24H24ClN7O3/c1-13-10-16(35-15-6-8-26-9-7-15)3-5-17(13)29-22(33)20-21(28-12-27-20)23(34)32-24-30-18-4-2-14(25)11-19(18)31-24/h2-5,10-12,15,26H,6-9H2,1H3,(H,27,28)(H,29,33)(H2,30,31,32,34). The van der Waals surface area contributed by atoms with Crippen molar-refractivity contribution in [2.75, 3.05) is 23.7 Å². The summed E-state index contributed by atoms with van der Waals surface area (Å²) in [5.74, 6) is -0.0732. The molecule has 0 aliphatic carbocycles. The number of rotatable bonds is 6. The van der Waals surface area contributed by atoms with Gasteiger partial charge in [0.25, 0.3) is 11.8 Å². The lowest BCUT2D eigenvalue weighted by Gasteiger charge is -2.24. The molecule has 1 aliphatic heterocycles. The Balaban J connectivity index is 1.26. The average molecular weight is 494 g/mol. The molecule has 5 N–H and O–H groups in total. The third kappa shape index (κ3) is 5.13. The molecule has 2 amide bonds. The van der Waals surface area contributed by atoms with Crippen LogP contribution in [0.3, 0.4) is 0 Å². The predicted molar refractivity (Wildman–Crippen MR) is 133 cm³/mol. The second-order valence-electron chi connectivity index (χ2n) is 8.33. The smallest absolute Gasteiger partial charge is 0.276 e. The first-order valence-electron chi connectivity index (χ1n) is 11.3. The van der Waals surface area contributed by atoms with Gasteiger partial charge in [0.2, 0.25) is 5.95 Å². The van der Waals surface area contributed by atoms with E-state index in [4.69, 9.17) is 16.3 Å². The molecule has 3 heterocycles. The van der Waals surface area contributed by atoms with Gasteiger partial charge >= 0.3 is 0 Å². The molecule has 1 saturated heterocycles. The maximum atomic E-state index is 12.9. The van der Waals surface area contributed by atoms with E-state index >= 15 is 0 Å². The number of hydrogen-bond acceptors (Lipinski definition) is 6. The zero-order valence-electron chi connectivity index (χ0n) is 18.9. The fraction of sp³-hybridized carbons (Fsp3) is 0.250. The van der Waals surface area contributed by atoms with Crippen molar-refractivity contribution >= 4 is 46.1 Å². The van der Waals surface area contributed by atoms with Gasteiger partial charge in [-0.2, -0.15) is 0 Å². The minimum absolute atomic E-state index is 0.0181. The van der Waals surface area contributed by atoms with Crippen LogP contribution in [0.15, 0.2) is 42.7 Å². The Morgan fingerprint density at radius 2 is 1.91 bits per heavy atom. The second kappa shape index (κ2) is 9.77. The molecule has 0 spiro atoms. The number of piperidine rings is 1. The number of nitrogens with one attached hydrogen (secondary N) is 5. The Kier molecular flexibility index (Phi) is 6.39. The quantitative estimate of drug-likeness (QED) is 0.276. The SMILES string of the molecule is Cc1cc(OC2CCNCC2)ccc1NC(=O)c1nc[nH]c1C(=O)Nc1nc2ccc(Cl)cc2[nH]1. The lowest BCUT2D eigenvalue weighted by Crippen LogP contribution is -2.34. The number of carbonyl (C=O) groups is 2. The molecule has 2 aromatic carbocycles. The predicted octanol–water partition coefficient (Wildman–Crippen LogP) is 3.88. The van der Waals surface area contributed by atoms with E-state index in [1.165, 1.54) is 6.33 Å². The molecule has 1 aliphatic rings. The third-order valence-corrected chi connectivity index (χ3v) is 6.03. The van der Waals surface area contributed by atoms with Gasteiger partial charge in [-0.25, -0.2) is 9.97 Å². The zero-order valence-corrected chi connectivity index (χ0v) is 19.7. The molecule has 10 nitrogen and oxygen atoms in total. The van der Waals surface area contributed by atoms with E-state index in [0.717, 1.165) is 37.2 Å². The van der Waals surface area contributed by atoms with Crippen LogP contribution in [0.4, 0.5) is 11.6 Å². The van der Waals surface area contributed by atoms with Crippen molar-refractivity contribution in [1.29, 1.82) is 0 Å². The Hall–Kier alpha value is -3.89. The number of aryl methyl sites for hydroxylation is 1. The van der Waals surface area contributed by atoms with E-state index in [9.17, 15) is 9.59 Å². The zero-order chi connectivity index (χ0) is 24.4. The Morgan fingerprint density at radius 3 is 2.71 bits per heavy atom. The van der Waals surface area contributed by atoms with Gasteiger partial charge in [-0.05, 0) is 74.8 Å². The fourth-order valence-electron chi connectivity index (χ4n) is 3.99. The highest BCUT2D eigenvalue weighted by molar-refractivity contribution is 6.31. The van der Waals surface area contributed by atoms with E-state index in [1.54, 1.807) is 24.3 Å². The number of fused-ring (bicyclic) bond motifs is 1. The van der Waals surface area contributed by atoms with E-state index in [1.807, 2.05) is 19.1 Å². The van der Waals surface area contributed by atoms with Gasteiger partial charge in [-0.15, -0.1) is 0 Å². The summed E-state index contributed by atoms with van der Waals surface area (Å²) in [7, 11) is 0. The summed E-state index contributed by atoms with van der Waals surface area (Å²) < 4.78 is 6.06. The van der Waals surface area contributed by atoms with Crippen molar-refractivity contribution in [3.63, 3.8) is 0 Å². The molecule has 180 valence electrons. The van der Waals surface area contributed by atoms with Crippen LogP contribution in [-0.2, 0) is 0 Å². The van der Waals surface area contributed by atoms with Gasteiger partial charge in [0, 0.05) is 10.7 Å². The molecule has 4 aromatic rings. The van der Waals surface area contributed by atoms with Crippen LogP contribution in [-0.4, -0.2) is 50.9 Å². The van der Waals surface area contributed by atoms with E-state index in [-0.39, 0.29) is 23.4 Å². The van der Waals surface area contributed by atoms with Crippen LogP contribution in [0.2, 0.25) is 5.02 Å². The molecular weight excluding hydrogens is 470 g/mol. The number of amides is 2. The summed E-state index contributed by atoms with van der Waals surface area (Å²) >= 11 is 6.00. The number of halogens is 1. The van der Waals surface area contributed by atoms with Crippen LogP contribution in [0.25, 0.3) is 11.0 Å². The van der Waals surface area contributed by atoms with Crippen molar-refractivity contribution < 1.29 is 14.3 Å².